The predicted octanol–water partition coefficient (Wildman–Crippen LogP) is 3.00. The lowest BCUT2D eigenvalue weighted by atomic mass is 10.1. The van der Waals surface area contributed by atoms with Gasteiger partial charge in [0.2, 0.25) is 0 Å². The Morgan fingerprint density at radius 2 is 2.00 bits per heavy atom. The quantitative estimate of drug-likeness (QED) is 0.754. The van der Waals surface area contributed by atoms with E-state index in [-0.39, 0.29) is 0 Å². The van der Waals surface area contributed by atoms with E-state index in [4.69, 9.17) is 0 Å². The molecule has 0 aliphatic heterocycles. The minimum atomic E-state index is 0.826. The molecule has 0 amide bonds. The zero-order chi connectivity index (χ0) is 9.87. The molecule has 0 saturated heterocycles. The summed E-state index contributed by atoms with van der Waals surface area (Å²) in [4.78, 5) is 0. The molecule has 1 heterocycles. The van der Waals surface area contributed by atoms with E-state index in [0.717, 1.165) is 22.4 Å². The molecule has 0 aromatic carbocycles. The monoisotopic (exact) mass is 254 g/mol. The van der Waals surface area contributed by atoms with Crippen LogP contribution in [-0.4, -0.2) is 9.78 Å². The summed E-state index contributed by atoms with van der Waals surface area (Å²) in [7, 11) is 2.07. The van der Waals surface area contributed by atoms with Gasteiger partial charge in [-0.05, 0) is 47.5 Å². The van der Waals surface area contributed by atoms with Crippen LogP contribution < -0.4 is 0 Å². The van der Waals surface area contributed by atoms with Crippen molar-refractivity contribution in [3.8, 4) is 0 Å². The number of hydrogen-bond acceptors (Lipinski definition) is 1. The highest BCUT2D eigenvalue weighted by atomic mass is 79.9. The minimum Gasteiger partial charge on any atom is -0.271 e. The molecule has 0 spiro atoms. The molecule has 2 nitrogen and oxygen atoms in total. The first kappa shape index (κ1) is 8.96. The van der Waals surface area contributed by atoms with E-state index >= 15 is 0 Å². The maximum absolute atomic E-state index is 4.43. The van der Waals surface area contributed by atoms with Crippen molar-refractivity contribution >= 4 is 15.9 Å². The van der Waals surface area contributed by atoms with Crippen LogP contribution in [0.25, 0.3) is 0 Å². The minimum absolute atomic E-state index is 0.826. The van der Waals surface area contributed by atoms with Crippen LogP contribution in [0.1, 0.15) is 36.4 Å². The van der Waals surface area contributed by atoms with Crippen LogP contribution in [0.5, 0.6) is 0 Å². The molecule has 14 heavy (non-hydrogen) atoms. The molecule has 1 aromatic heterocycles. The molecule has 2 atom stereocenters. The average Bonchev–Trinajstić information content (AvgIpc) is 2.55. The summed E-state index contributed by atoms with van der Waals surface area (Å²) >= 11 is 3.51. The van der Waals surface area contributed by atoms with Gasteiger partial charge in [-0.15, -0.1) is 0 Å². The molecule has 0 N–H and O–H groups in total. The Bertz CT molecular complexity index is 373. The fraction of sp³-hybridized carbons (Fsp3) is 0.727. The van der Waals surface area contributed by atoms with Gasteiger partial charge < -0.3 is 0 Å². The van der Waals surface area contributed by atoms with Gasteiger partial charge in [-0.3, -0.25) is 4.68 Å². The maximum Gasteiger partial charge on any atom is 0.131 e. The summed E-state index contributed by atoms with van der Waals surface area (Å²) < 4.78 is 3.10. The largest absolute Gasteiger partial charge is 0.271 e. The van der Waals surface area contributed by atoms with Crippen molar-refractivity contribution in [3.63, 3.8) is 0 Å². The first-order valence-electron chi connectivity index (χ1n) is 5.39. The van der Waals surface area contributed by atoms with Crippen LogP contribution in [0.15, 0.2) is 4.60 Å². The molecular weight excluding hydrogens is 240 g/mol. The van der Waals surface area contributed by atoms with E-state index < -0.39 is 0 Å². The lowest BCUT2D eigenvalue weighted by Crippen LogP contribution is -2.00. The summed E-state index contributed by atoms with van der Waals surface area (Å²) in [5, 5.41) is 4.43. The highest BCUT2D eigenvalue weighted by Crippen LogP contribution is 2.63. The van der Waals surface area contributed by atoms with E-state index in [1.807, 2.05) is 0 Å². The topological polar surface area (TPSA) is 17.8 Å². The second-order valence-corrected chi connectivity index (χ2v) is 5.46. The van der Waals surface area contributed by atoms with E-state index in [2.05, 4.69) is 39.7 Å². The normalized spacial score (nSPS) is 34.6. The molecule has 76 valence electrons. The summed E-state index contributed by atoms with van der Waals surface area (Å²) in [6.45, 7) is 2.18. The van der Waals surface area contributed by atoms with E-state index in [9.17, 15) is 0 Å². The van der Waals surface area contributed by atoms with Crippen LogP contribution in [0.2, 0.25) is 0 Å². The summed E-state index contributed by atoms with van der Waals surface area (Å²) in [5.74, 6) is 2.79. The lowest BCUT2D eigenvalue weighted by Gasteiger charge is -2.05. The van der Waals surface area contributed by atoms with Gasteiger partial charge >= 0.3 is 0 Å². The fourth-order valence-corrected chi connectivity index (χ4v) is 3.74. The third-order valence-electron chi connectivity index (χ3n) is 4.00. The second kappa shape index (κ2) is 2.84. The Hall–Kier alpha value is -0.310. The van der Waals surface area contributed by atoms with Crippen molar-refractivity contribution < 1.29 is 0 Å². The van der Waals surface area contributed by atoms with Crippen molar-refractivity contribution in [2.45, 2.75) is 32.1 Å². The zero-order valence-electron chi connectivity index (χ0n) is 8.63. The zero-order valence-corrected chi connectivity index (χ0v) is 10.2. The predicted molar refractivity (Wildman–Crippen MR) is 59.2 cm³/mol. The number of aryl methyl sites for hydroxylation is 1. The molecule has 2 aliphatic carbocycles. The van der Waals surface area contributed by atoms with Crippen LogP contribution in [0.4, 0.5) is 0 Å². The van der Waals surface area contributed by atoms with Crippen LogP contribution >= 0.6 is 15.9 Å². The first-order chi connectivity index (χ1) is 6.70. The number of aromatic nitrogens is 2. The van der Waals surface area contributed by atoms with E-state index in [0.29, 0.717) is 0 Å². The number of nitrogens with zero attached hydrogens (tertiary/aromatic N) is 2. The van der Waals surface area contributed by atoms with Crippen LogP contribution in [-0.2, 0) is 7.05 Å². The molecule has 2 saturated carbocycles. The Morgan fingerprint density at radius 1 is 1.36 bits per heavy atom. The Morgan fingerprint density at radius 3 is 2.50 bits per heavy atom. The highest BCUT2D eigenvalue weighted by Gasteiger charge is 2.54. The van der Waals surface area contributed by atoms with Gasteiger partial charge in [-0.25, -0.2) is 0 Å². The maximum atomic E-state index is 4.43. The molecule has 3 rings (SSSR count). The molecule has 2 fully saturated rings. The molecule has 2 unspecified atom stereocenters. The third kappa shape index (κ3) is 1.05. The molecule has 1 aromatic rings. The van der Waals surface area contributed by atoms with Gasteiger partial charge in [0.15, 0.2) is 0 Å². The summed E-state index contributed by atoms with van der Waals surface area (Å²) in [5.41, 5.74) is 2.83. The highest BCUT2D eigenvalue weighted by molar-refractivity contribution is 9.10. The van der Waals surface area contributed by atoms with Crippen molar-refractivity contribution in [1.29, 1.82) is 0 Å². The van der Waals surface area contributed by atoms with Crippen molar-refractivity contribution in [2.75, 3.05) is 0 Å². The van der Waals surface area contributed by atoms with E-state index in [1.54, 1.807) is 0 Å². The van der Waals surface area contributed by atoms with Crippen molar-refractivity contribution in [1.82, 2.24) is 9.78 Å². The molecule has 2 aliphatic rings. The lowest BCUT2D eigenvalue weighted by molar-refractivity contribution is 0.623. The number of rotatable bonds is 1. The van der Waals surface area contributed by atoms with Gasteiger partial charge in [-0.1, -0.05) is 6.42 Å². The van der Waals surface area contributed by atoms with Crippen LogP contribution in [0.3, 0.4) is 0 Å². The van der Waals surface area contributed by atoms with Gasteiger partial charge in [0.25, 0.3) is 0 Å². The van der Waals surface area contributed by atoms with E-state index in [1.165, 1.54) is 30.5 Å². The SMILES string of the molecule is Cc1c(Br)nn(C)c1C1C2CCCC21. The van der Waals surface area contributed by atoms with Crippen molar-refractivity contribution in [3.05, 3.63) is 15.9 Å². The summed E-state index contributed by atoms with van der Waals surface area (Å²) in [6.07, 6.45) is 4.33. The second-order valence-electron chi connectivity index (χ2n) is 4.71. The standard InChI is InChI=1S/C11H15BrN2/c1-6-10(14(2)13-11(6)12)9-7-4-3-5-8(7)9/h7-9H,3-5H2,1-2H3. The van der Waals surface area contributed by atoms with Gasteiger partial charge in [0.1, 0.15) is 4.60 Å². The number of hydrogen-bond donors (Lipinski definition) is 0. The molecule has 0 bridgehead atoms. The third-order valence-corrected chi connectivity index (χ3v) is 4.76. The van der Waals surface area contributed by atoms with Gasteiger partial charge in [-0.2, -0.15) is 5.10 Å². The fourth-order valence-electron chi connectivity index (χ4n) is 3.30. The Kier molecular flexibility index (Phi) is 1.82. The van der Waals surface area contributed by atoms with Gasteiger partial charge in [0, 0.05) is 24.2 Å². The van der Waals surface area contributed by atoms with Crippen molar-refractivity contribution in [2.24, 2.45) is 18.9 Å². The Labute approximate surface area is 92.8 Å². The average molecular weight is 255 g/mol. The first-order valence-corrected chi connectivity index (χ1v) is 6.18. The number of fused-ring (bicyclic) bond motifs is 1. The van der Waals surface area contributed by atoms with Crippen LogP contribution in [0, 0.1) is 18.8 Å². The Balaban J connectivity index is 1.97. The molecular formula is C11H15BrN2. The summed E-state index contributed by atoms with van der Waals surface area (Å²) in [6, 6.07) is 0. The molecule has 3 heteroatoms. The van der Waals surface area contributed by atoms with Gasteiger partial charge in [0.05, 0.1) is 0 Å². The number of halogens is 1. The smallest absolute Gasteiger partial charge is 0.131 e. The molecule has 0 radical (unpaired) electrons.